The van der Waals surface area contributed by atoms with E-state index in [1.54, 1.807) is 12.1 Å². The molecule has 1 aromatic rings. The zero-order chi connectivity index (χ0) is 13.1. The van der Waals surface area contributed by atoms with E-state index in [0.717, 1.165) is 37.8 Å². The molecule has 3 nitrogen and oxygen atoms in total. The molecule has 2 fully saturated rings. The monoisotopic (exact) mass is 265 g/mol. The molecule has 1 unspecified atom stereocenters. The van der Waals surface area contributed by atoms with Crippen LogP contribution in [0.3, 0.4) is 0 Å². The van der Waals surface area contributed by atoms with Crippen molar-refractivity contribution >= 4 is 0 Å². The molecule has 0 amide bonds. The van der Waals surface area contributed by atoms with Crippen molar-refractivity contribution in [1.29, 1.82) is 0 Å². The van der Waals surface area contributed by atoms with Gasteiger partial charge in [0, 0.05) is 18.9 Å². The average Bonchev–Trinajstić information content (AvgIpc) is 2.96. The first-order chi connectivity index (χ1) is 9.33. The highest BCUT2D eigenvalue weighted by Crippen LogP contribution is 2.28. The minimum Gasteiger partial charge on any atom is -0.487 e. The Balaban J connectivity index is 1.68. The van der Waals surface area contributed by atoms with Crippen molar-refractivity contribution in [2.45, 2.75) is 37.8 Å². The van der Waals surface area contributed by atoms with Gasteiger partial charge in [-0.15, -0.1) is 0 Å². The third-order valence-corrected chi connectivity index (χ3v) is 3.88. The molecule has 4 heteroatoms. The van der Waals surface area contributed by atoms with Crippen LogP contribution in [0.15, 0.2) is 18.2 Å². The van der Waals surface area contributed by atoms with Gasteiger partial charge < -0.3 is 14.8 Å². The Morgan fingerprint density at radius 3 is 2.74 bits per heavy atom. The summed E-state index contributed by atoms with van der Waals surface area (Å²) in [6, 6.07) is 5.64. The maximum Gasteiger partial charge on any atom is 0.165 e. The molecule has 0 bridgehead atoms. The fourth-order valence-electron chi connectivity index (χ4n) is 2.77. The molecule has 2 aliphatic rings. The summed E-state index contributed by atoms with van der Waals surface area (Å²) in [5, 5.41) is 3.38. The number of halogens is 1. The van der Waals surface area contributed by atoms with Crippen LogP contribution in [0.1, 0.15) is 37.3 Å². The molecule has 2 aliphatic heterocycles. The number of hydrogen-bond donors (Lipinski definition) is 1. The Labute approximate surface area is 113 Å². The fourth-order valence-corrected chi connectivity index (χ4v) is 2.77. The molecule has 1 atom stereocenters. The van der Waals surface area contributed by atoms with Crippen molar-refractivity contribution in [2.24, 2.45) is 0 Å². The van der Waals surface area contributed by atoms with Crippen molar-refractivity contribution in [3.63, 3.8) is 0 Å². The first kappa shape index (κ1) is 12.9. The minimum atomic E-state index is -0.252. The smallest absolute Gasteiger partial charge is 0.165 e. The van der Waals surface area contributed by atoms with Crippen LogP contribution in [-0.4, -0.2) is 25.9 Å². The molecule has 0 spiro atoms. The molecule has 2 heterocycles. The van der Waals surface area contributed by atoms with E-state index >= 15 is 0 Å². The summed E-state index contributed by atoms with van der Waals surface area (Å²) in [5.74, 6) is 0.117. The number of rotatable bonds is 3. The van der Waals surface area contributed by atoms with Crippen LogP contribution in [0, 0.1) is 5.82 Å². The molecule has 1 N–H and O–H groups in total. The molecule has 0 aliphatic carbocycles. The molecule has 1 aromatic carbocycles. The van der Waals surface area contributed by atoms with Crippen molar-refractivity contribution in [1.82, 2.24) is 5.32 Å². The Morgan fingerprint density at radius 1 is 1.21 bits per heavy atom. The molecular formula is C15H20FNO2. The number of nitrogens with one attached hydrogen (secondary N) is 1. The molecule has 0 saturated carbocycles. The van der Waals surface area contributed by atoms with Gasteiger partial charge in [-0.25, -0.2) is 4.39 Å². The standard InChI is InChI=1S/C15H20FNO2/c16-13-10-11(14-2-1-7-17-14)3-4-15(13)19-12-5-8-18-9-6-12/h3-4,10,12,14,17H,1-2,5-9H2. The molecule has 104 valence electrons. The maximum absolute atomic E-state index is 14.1. The van der Waals surface area contributed by atoms with Crippen molar-refractivity contribution < 1.29 is 13.9 Å². The Morgan fingerprint density at radius 2 is 2.05 bits per heavy atom. The average molecular weight is 265 g/mol. The van der Waals surface area contributed by atoms with E-state index in [-0.39, 0.29) is 11.9 Å². The SMILES string of the molecule is Fc1cc(C2CCCN2)ccc1OC1CCOCC1. The minimum absolute atomic E-state index is 0.0821. The number of hydrogen-bond acceptors (Lipinski definition) is 3. The van der Waals surface area contributed by atoms with Gasteiger partial charge >= 0.3 is 0 Å². The van der Waals surface area contributed by atoms with E-state index < -0.39 is 0 Å². The van der Waals surface area contributed by atoms with Crippen molar-refractivity contribution in [3.8, 4) is 5.75 Å². The Hall–Kier alpha value is -1.13. The first-order valence-corrected chi connectivity index (χ1v) is 7.10. The third kappa shape index (κ3) is 3.07. The van der Waals surface area contributed by atoms with Gasteiger partial charge in [0.15, 0.2) is 11.6 Å². The third-order valence-electron chi connectivity index (χ3n) is 3.88. The molecule has 0 aromatic heterocycles. The Kier molecular flexibility index (Phi) is 3.99. The van der Waals surface area contributed by atoms with Gasteiger partial charge in [-0.1, -0.05) is 6.07 Å². The van der Waals surface area contributed by atoms with Crippen LogP contribution in [0.25, 0.3) is 0 Å². The van der Waals surface area contributed by atoms with Gasteiger partial charge in [-0.3, -0.25) is 0 Å². The Bertz CT molecular complexity index is 426. The summed E-state index contributed by atoms with van der Waals surface area (Å²) in [5.41, 5.74) is 1.02. The van der Waals surface area contributed by atoms with Crippen LogP contribution in [0.5, 0.6) is 5.75 Å². The molecule has 19 heavy (non-hydrogen) atoms. The summed E-state index contributed by atoms with van der Waals surface area (Å²) >= 11 is 0. The van der Waals surface area contributed by atoms with E-state index in [2.05, 4.69) is 5.32 Å². The summed E-state index contributed by atoms with van der Waals surface area (Å²) in [6.07, 6.45) is 4.00. The number of ether oxygens (including phenoxy) is 2. The van der Waals surface area contributed by atoms with Crippen LogP contribution in [0.2, 0.25) is 0 Å². The predicted molar refractivity (Wildman–Crippen MR) is 70.8 cm³/mol. The van der Waals surface area contributed by atoms with Crippen LogP contribution in [0.4, 0.5) is 4.39 Å². The highest BCUT2D eigenvalue weighted by Gasteiger charge is 2.20. The van der Waals surface area contributed by atoms with Crippen LogP contribution >= 0.6 is 0 Å². The van der Waals surface area contributed by atoms with Crippen molar-refractivity contribution in [3.05, 3.63) is 29.6 Å². The second-order valence-corrected chi connectivity index (χ2v) is 5.27. The topological polar surface area (TPSA) is 30.5 Å². The van der Waals surface area contributed by atoms with Gasteiger partial charge in [-0.2, -0.15) is 0 Å². The summed E-state index contributed by atoms with van der Waals surface area (Å²) in [7, 11) is 0. The maximum atomic E-state index is 14.1. The molecule has 3 rings (SSSR count). The van der Waals surface area contributed by atoms with Crippen LogP contribution < -0.4 is 10.1 Å². The fraction of sp³-hybridized carbons (Fsp3) is 0.600. The second-order valence-electron chi connectivity index (χ2n) is 5.27. The van der Waals surface area contributed by atoms with Crippen LogP contribution in [-0.2, 0) is 4.74 Å². The zero-order valence-corrected chi connectivity index (χ0v) is 11.0. The molecule has 0 radical (unpaired) electrons. The lowest BCUT2D eigenvalue weighted by molar-refractivity contribution is 0.0240. The second kappa shape index (κ2) is 5.88. The lowest BCUT2D eigenvalue weighted by Crippen LogP contribution is -2.26. The first-order valence-electron chi connectivity index (χ1n) is 7.10. The summed E-state index contributed by atoms with van der Waals surface area (Å²) in [4.78, 5) is 0. The van der Waals surface area contributed by atoms with Gasteiger partial charge in [0.25, 0.3) is 0 Å². The lowest BCUT2D eigenvalue weighted by Gasteiger charge is -2.23. The highest BCUT2D eigenvalue weighted by atomic mass is 19.1. The normalized spacial score (nSPS) is 24.6. The zero-order valence-electron chi connectivity index (χ0n) is 11.0. The van der Waals surface area contributed by atoms with Gasteiger partial charge in [0.2, 0.25) is 0 Å². The van der Waals surface area contributed by atoms with E-state index in [0.29, 0.717) is 25.0 Å². The van der Waals surface area contributed by atoms with Gasteiger partial charge in [0.1, 0.15) is 6.10 Å². The van der Waals surface area contributed by atoms with E-state index in [9.17, 15) is 4.39 Å². The largest absolute Gasteiger partial charge is 0.487 e. The lowest BCUT2D eigenvalue weighted by atomic mass is 10.0. The van der Waals surface area contributed by atoms with Crippen molar-refractivity contribution in [2.75, 3.05) is 19.8 Å². The molecular weight excluding hydrogens is 245 g/mol. The van der Waals surface area contributed by atoms with E-state index in [1.807, 2.05) is 6.07 Å². The van der Waals surface area contributed by atoms with Gasteiger partial charge in [0.05, 0.1) is 13.2 Å². The number of benzene rings is 1. The van der Waals surface area contributed by atoms with E-state index in [4.69, 9.17) is 9.47 Å². The summed E-state index contributed by atoms with van der Waals surface area (Å²) < 4.78 is 25.1. The molecule has 2 saturated heterocycles. The highest BCUT2D eigenvalue weighted by molar-refractivity contribution is 5.31. The van der Waals surface area contributed by atoms with E-state index in [1.165, 1.54) is 0 Å². The summed E-state index contributed by atoms with van der Waals surface area (Å²) in [6.45, 7) is 2.43. The van der Waals surface area contributed by atoms with Gasteiger partial charge in [-0.05, 0) is 37.1 Å². The predicted octanol–water partition coefficient (Wildman–Crippen LogP) is 2.81. The quantitative estimate of drug-likeness (QED) is 0.911.